The Morgan fingerprint density at radius 1 is 0.963 bits per heavy atom. The SMILES string of the molecule is COC(=O)c1cc2cc3c(cc2c(-c2ccncc2)c1C(=O)OC)OCO3. The van der Waals surface area contributed by atoms with Crippen molar-refractivity contribution in [2.24, 2.45) is 0 Å². The van der Waals surface area contributed by atoms with Crippen molar-refractivity contribution in [3.05, 3.63) is 53.9 Å². The number of pyridine rings is 1. The Hall–Kier alpha value is -3.61. The third kappa shape index (κ3) is 2.73. The molecule has 136 valence electrons. The number of methoxy groups -OCH3 is 2. The van der Waals surface area contributed by atoms with E-state index in [4.69, 9.17) is 18.9 Å². The molecule has 1 aromatic heterocycles. The van der Waals surface area contributed by atoms with Crippen LogP contribution in [0.25, 0.3) is 21.9 Å². The number of hydrogen-bond acceptors (Lipinski definition) is 7. The van der Waals surface area contributed by atoms with Crippen LogP contribution in [-0.2, 0) is 9.47 Å². The third-order valence-electron chi connectivity index (χ3n) is 4.40. The van der Waals surface area contributed by atoms with Crippen LogP contribution in [0, 0.1) is 0 Å². The highest BCUT2D eigenvalue weighted by atomic mass is 16.7. The van der Waals surface area contributed by atoms with E-state index in [-0.39, 0.29) is 17.9 Å². The first-order valence-electron chi connectivity index (χ1n) is 8.11. The first-order valence-corrected chi connectivity index (χ1v) is 8.11. The molecule has 0 saturated heterocycles. The van der Waals surface area contributed by atoms with Crippen LogP contribution in [-0.4, -0.2) is 37.9 Å². The van der Waals surface area contributed by atoms with Crippen LogP contribution in [0.5, 0.6) is 11.5 Å². The first-order chi connectivity index (χ1) is 13.1. The summed E-state index contributed by atoms with van der Waals surface area (Å²) in [7, 11) is 2.53. The van der Waals surface area contributed by atoms with Gasteiger partial charge in [0.15, 0.2) is 11.5 Å². The number of fused-ring (bicyclic) bond motifs is 2. The number of esters is 2. The van der Waals surface area contributed by atoms with Crippen LogP contribution in [0.1, 0.15) is 20.7 Å². The van der Waals surface area contributed by atoms with Crippen molar-refractivity contribution >= 4 is 22.7 Å². The Bertz CT molecular complexity index is 1060. The summed E-state index contributed by atoms with van der Waals surface area (Å²) in [6, 6.07) is 8.68. The van der Waals surface area contributed by atoms with Gasteiger partial charge >= 0.3 is 11.9 Å². The molecule has 0 aliphatic carbocycles. The van der Waals surface area contributed by atoms with Crippen LogP contribution in [0.2, 0.25) is 0 Å². The molecule has 27 heavy (non-hydrogen) atoms. The standard InChI is InChI=1S/C20H15NO6/c1-24-19(22)14-7-12-8-15-16(27-10-26-15)9-13(12)17(18(14)20(23)25-2)11-3-5-21-6-4-11/h3-9H,10H2,1-2H3. The van der Waals surface area contributed by atoms with Gasteiger partial charge < -0.3 is 18.9 Å². The zero-order valence-corrected chi connectivity index (χ0v) is 14.6. The van der Waals surface area contributed by atoms with E-state index in [9.17, 15) is 9.59 Å². The van der Waals surface area contributed by atoms with E-state index < -0.39 is 11.9 Å². The Labute approximate surface area is 154 Å². The lowest BCUT2D eigenvalue weighted by Crippen LogP contribution is -2.14. The van der Waals surface area contributed by atoms with Crippen molar-refractivity contribution in [1.82, 2.24) is 4.98 Å². The molecule has 0 unspecified atom stereocenters. The van der Waals surface area contributed by atoms with Gasteiger partial charge in [0.1, 0.15) is 0 Å². The molecule has 2 aromatic carbocycles. The summed E-state index contributed by atoms with van der Waals surface area (Å²) in [5.74, 6) is -0.128. The summed E-state index contributed by atoms with van der Waals surface area (Å²) in [5, 5.41) is 1.43. The molecule has 0 bridgehead atoms. The van der Waals surface area contributed by atoms with Gasteiger partial charge in [0.05, 0.1) is 25.3 Å². The summed E-state index contributed by atoms with van der Waals surface area (Å²) in [5.41, 5.74) is 1.49. The van der Waals surface area contributed by atoms with E-state index in [1.54, 1.807) is 42.7 Å². The lowest BCUT2D eigenvalue weighted by molar-refractivity contribution is 0.0556. The van der Waals surface area contributed by atoms with Crippen LogP contribution in [0.4, 0.5) is 0 Å². The number of hydrogen-bond donors (Lipinski definition) is 0. The number of carbonyl (C=O) groups excluding carboxylic acids is 2. The molecule has 0 saturated carbocycles. The van der Waals surface area contributed by atoms with Gasteiger partial charge in [-0.1, -0.05) is 0 Å². The largest absolute Gasteiger partial charge is 0.465 e. The molecule has 0 N–H and O–H groups in total. The van der Waals surface area contributed by atoms with Crippen LogP contribution in [0.15, 0.2) is 42.7 Å². The molecule has 1 aliphatic rings. The number of nitrogens with zero attached hydrogens (tertiary/aromatic N) is 1. The van der Waals surface area contributed by atoms with Crippen molar-refractivity contribution in [3.63, 3.8) is 0 Å². The van der Waals surface area contributed by atoms with Gasteiger partial charge in [0.2, 0.25) is 6.79 Å². The second-order valence-corrected chi connectivity index (χ2v) is 5.82. The quantitative estimate of drug-likeness (QED) is 0.659. The Kier molecular flexibility index (Phi) is 4.12. The fourth-order valence-corrected chi connectivity index (χ4v) is 3.19. The number of rotatable bonds is 3. The molecule has 0 fully saturated rings. The monoisotopic (exact) mass is 365 g/mol. The van der Waals surface area contributed by atoms with Gasteiger partial charge in [0.25, 0.3) is 0 Å². The summed E-state index contributed by atoms with van der Waals surface area (Å²) in [4.78, 5) is 29.1. The van der Waals surface area contributed by atoms with Gasteiger partial charge in [-0.15, -0.1) is 0 Å². The molecule has 7 nitrogen and oxygen atoms in total. The minimum Gasteiger partial charge on any atom is -0.465 e. The predicted molar refractivity (Wildman–Crippen MR) is 96.0 cm³/mol. The molecule has 2 heterocycles. The fraction of sp³-hybridized carbons (Fsp3) is 0.150. The van der Waals surface area contributed by atoms with E-state index in [1.165, 1.54) is 14.2 Å². The highest BCUT2D eigenvalue weighted by Gasteiger charge is 2.27. The molecule has 0 amide bonds. The number of benzene rings is 2. The third-order valence-corrected chi connectivity index (χ3v) is 4.40. The molecule has 0 atom stereocenters. The minimum atomic E-state index is -0.637. The maximum Gasteiger partial charge on any atom is 0.339 e. The first kappa shape index (κ1) is 16.8. The van der Waals surface area contributed by atoms with Gasteiger partial charge in [-0.25, -0.2) is 9.59 Å². The van der Waals surface area contributed by atoms with E-state index in [2.05, 4.69) is 4.98 Å². The summed E-state index contributed by atoms with van der Waals surface area (Å²) >= 11 is 0. The van der Waals surface area contributed by atoms with E-state index in [0.29, 0.717) is 28.0 Å². The Morgan fingerprint density at radius 3 is 2.30 bits per heavy atom. The van der Waals surface area contributed by atoms with Crippen molar-refractivity contribution < 1.29 is 28.5 Å². The highest BCUT2D eigenvalue weighted by Crippen LogP contribution is 2.42. The maximum atomic E-state index is 12.6. The number of carbonyl (C=O) groups is 2. The second-order valence-electron chi connectivity index (χ2n) is 5.82. The van der Waals surface area contributed by atoms with Crippen molar-refractivity contribution in [2.75, 3.05) is 21.0 Å². The van der Waals surface area contributed by atoms with Crippen molar-refractivity contribution in [3.8, 4) is 22.6 Å². The Morgan fingerprint density at radius 2 is 1.63 bits per heavy atom. The van der Waals surface area contributed by atoms with Gasteiger partial charge in [0, 0.05) is 18.0 Å². The number of aromatic nitrogens is 1. The molecule has 3 aromatic rings. The Balaban J connectivity index is 2.16. The van der Waals surface area contributed by atoms with E-state index in [1.807, 2.05) is 0 Å². The second kappa shape index (κ2) is 6.60. The summed E-state index contributed by atoms with van der Waals surface area (Å²) < 4.78 is 20.8. The van der Waals surface area contributed by atoms with Gasteiger partial charge in [-0.2, -0.15) is 0 Å². The predicted octanol–water partition coefficient (Wildman–Crippen LogP) is 3.20. The van der Waals surface area contributed by atoms with Crippen molar-refractivity contribution in [1.29, 1.82) is 0 Å². The van der Waals surface area contributed by atoms with E-state index in [0.717, 1.165) is 5.39 Å². The molecular formula is C20H15NO6. The van der Waals surface area contributed by atoms with Crippen LogP contribution < -0.4 is 9.47 Å². The van der Waals surface area contributed by atoms with E-state index >= 15 is 0 Å². The topological polar surface area (TPSA) is 84.0 Å². The zero-order valence-electron chi connectivity index (χ0n) is 14.6. The highest BCUT2D eigenvalue weighted by molar-refractivity contribution is 6.15. The zero-order chi connectivity index (χ0) is 19.0. The smallest absolute Gasteiger partial charge is 0.339 e. The molecular weight excluding hydrogens is 350 g/mol. The van der Waals surface area contributed by atoms with Gasteiger partial charge in [-0.3, -0.25) is 4.98 Å². The molecule has 7 heteroatoms. The lowest BCUT2D eigenvalue weighted by Gasteiger charge is -2.16. The van der Waals surface area contributed by atoms with Crippen LogP contribution in [0.3, 0.4) is 0 Å². The van der Waals surface area contributed by atoms with Crippen LogP contribution >= 0.6 is 0 Å². The molecule has 0 spiro atoms. The van der Waals surface area contributed by atoms with Gasteiger partial charge in [-0.05, 0) is 46.7 Å². The molecule has 0 radical (unpaired) electrons. The molecule has 1 aliphatic heterocycles. The fourth-order valence-electron chi connectivity index (χ4n) is 3.19. The van der Waals surface area contributed by atoms with Crippen molar-refractivity contribution in [2.45, 2.75) is 0 Å². The maximum absolute atomic E-state index is 12.6. The average molecular weight is 365 g/mol. The summed E-state index contributed by atoms with van der Waals surface area (Å²) in [6.07, 6.45) is 3.22. The summed E-state index contributed by atoms with van der Waals surface area (Å²) in [6.45, 7) is 0.115. The molecule has 4 rings (SSSR count). The lowest BCUT2D eigenvalue weighted by atomic mass is 9.89. The normalized spacial score (nSPS) is 12.1. The number of ether oxygens (including phenoxy) is 4. The minimum absolute atomic E-state index is 0.113. The average Bonchev–Trinajstić information content (AvgIpc) is 3.17.